The maximum absolute atomic E-state index is 4.99. The number of guanidine groups is 1. The number of aliphatic imine (C=N–C) groups is 1. The number of halogens is 1. The molecule has 0 bridgehead atoms. The quantitative estimate of drug-likeness (QED) is 0.333. The normalized spacial score (nSPS) is 24.2. The summed E-state index contributed by atoms with van der Waals surface area (Å²) in [5.74, 6) is 2.96. The highest BCUT2D eigenvalue weighted by molar-refractivity contribution is 14.0. The lowest BCUT2D eigenvalue weighted by Gasteiger charge is -2.36. The van der Waals surface area contributed by atoms with Gasteiger partial charge in [-0.2, -0.15) is 11.8 Å². The number of hydrogen-bond donors (Lipinski definition) is 1. The molecule has 2 atom stereocenters. The number of nitrogens with one attached hydrogen (secondary N) is 1. The van der Waals surface area contributed by atoms with Crippen molar-refractivity contribution < 1.29 is 0 Å². The highest BCUT2D eigenvalue weighted by atomic mass is 127. The molecule has 2 saturated heterocycles. The zero-order valence-electron chi connectivity index (χ0n) is 17.2. The van der Waals surface area contributed by atoms with Crippen LogP contribution in [0.1, 0.15) is 34.1 Å². The predicted octanol–water partition coefficient (Wildman–Crippen LogP) is 2.67. The Morgan fingerprint density at radius 2 is 1.81 bits per heavy atom. The lowest BCUT2D eigenvalue weighted by Crippen LogP contribution is -2.48. The Balaban J connectivity index is 0.00000338. The molecule has 2 aliphatic heterocycles. The lowest BCUT2D eigenvalue weighted by atomic mass is 10.1. The van der Waals surface area contributed by atoms with Crippen molar-refractivity contribution in [3.05, 3.63) is 0 Å². The van der Waals surface area contributed by atoms with Crippen LogP contribution in [0.15, 0.2) is 4.99 Å². The van der Waals surface area contributed by atoms with E-state index >= 15 is 0 Å². The highest BCUT2D eigenvalue weighted by Gasteiger charge is 2.22. The maximum Gasteiger partial charge on any atom is 0.193 e. The van der Waals surface area contributed by atoms with Crippen molar-refractivity contribution in [2.75, 3.05) is 71.2 Å². The Kier molecular flexibility index (Phi) is 12.6. The van der Waals surface area contributed by atoms with Gasteiger partial charge in [-0.15, -0.1) is 24.0 Å². The third kappa shape index (κ3) is 8.10. The molecule has 154 valence electrons. The summed E-state index contributed by atoms with van der Waals surface area (Å²) in [7, 11) is 0. The van der Waals surface area contributed by atoms with Crippen LogP contribution in [0.25, 0.3) is 0 Å². The summed E-state index contributed by atoms with van der Waals surface area (Å²) >= 11 is 2.12. The van der Waals surface area contributed by atoms with Gasteiger partial charge in [0, 0.05) is 69.9 Å². The molecule has 26 heavy (non-hydrogen) atoms. The molecular formula is C19H40IN5S. The second kappa shape index (κ2) is 13.4. The van der Waals surface area contributed by atoms with Crippen LogP contribution in [0.4, 0.5) is 0 Å². The molecule has 0 spiro atoms. The largest absolute Gasteiger partial charge is 0.357 e. The minimum atomic E-state index is 0. The summed E-state index contributed by atoms with van der Waals surface area (Å²) in [6.45, 7) is 20.4. The molecule has 0 saturated carbocycles. The van der Waals surface area contributed by atoms with E-state index in [9.17, 15) is 0 Å². The zero-order chi connectivity index (χ0) is 18.1. The van der Waals surface area contributed by atoms with Crippen LogP contribution in [0.3, 0.4) is 0 Å². The summed E-state index contributed by atoms with van der Waals surface area (Å²) in [5, 5.41) is 4.27. The second-order valence-corrected chi connectivity index (χ2v) is 8.79. The molecule has 2 aliphatic rings. The molecule has 0 aromatic carbocycles. The van der Waals surface area contributed by atoms with Crippen molar-refractivity contribution in [3.63, 3.8) is 0 Å². The van der Waals surface area contributed by atoms with E-state index in [4.69, 9.17) is 4.99 Å². The average Bonchev–Trinajstić information content (AvgIpc) is 2.65. The topological polar surface area (TPSA) is 34.1 Å². The molecule has 2 unspecified atom stereocenters. The van der Waals surface area contributed by atoms with Crippen LogP contribution in [-0.2, 0) is 0 Å². The minimum Gasteiger partial charge on any atom is -0.357 e. The third-order valence-corrected chi connectivity index (χ3v) is 6.64. The lowest BCUT2D eigenvalue weighted by molar-refractivity contribution is 0.125. The Labute approximate surface area is 182 Å². The van der Waals surface area contributed by atoms with Gasteiger partial charge >= 0.3 is 0 Å². The van der Waals surface area contributed by atoms with Gasteiger partial charge in [-0.3, -0.25) is 4.99 Å². The Morgan fingerprint density at radius 3 is 2.42 bits per heavy atom. The predicted molar refractivity (Wildman–Crippen MR) is 127 cm³/mol. The zero-order valence-corrected chi connectivity index (χ0v) is 20.4. The van der Waals surface area contributed by atoms with Gasteiger partial charge in [0.25, 0.3) is 0 Å². The van der Waals surface area contributed by atoms with Gasteiger partial charge in [-0.25, -0.2) is 0 Å². The molecule has 7 heteroatoms. The Hall–Kier alpha value is 0.270. The van der Waals surface area contributed by atoms with Crippen molar-refractivity contribution >= 4 is 41.7 Å². The first-order valence-corrected chi connectivity index (χ1v) is 11.3. The summed E-state index contributed by atoms with van der Waals surface area (Å²) in [6.07, 6.45) is 1.25. The van der Waals surface area contributed by atoms with Crippen LogP contribution in [-0.4, -0.2) is 97.1 Å². The number of piperazine rings is 1. The molecule has 1 N–H and O–H groups in total. The molecule has 2 heterocycles. The van der Waals surface area contributed by atoms with Crippen molar-refractivity contribution in [1.29, 1.82) is 0 Å². The van der Waals surface area contributed by atoms with E-state index < -0.39 is 0 Å². The summed E-state index contributed by atoms with van der Waals surface area (Å²) < 4.78 is 0. The number of nitrogens with zero attached hydrogens (tertiary/aromatic N) is 4. The third-order valence-electron chi connectivity index (χ3n) is 5.26. The number of thioether (sulfide) groups is 1. The Bertz CT molecular complexity index is 401. The van der Waals surface area contributed by atoms with E-state index in [-0.39, 0.29) is 24.0 Å². The van der Waals surface area contributed by atoms with Gasteiger partial charge < -0.3 is 20.0 Å². The Morgan fingerprint density at radius 1 is 1.12 bits per heavy atom. The van der Waals surface area contributed by atoms with E-state index in [2.05, 4.69) is 59.5 Å². The molecule has 0 amide bonds. The smallest absolute Gasteiger partial charge is 0.193 e. The SMILES string of the molecule is CCNC(=NCC(C)CN1CCN(CC)CC1)N1CCSC(CC)C1.I. The average molecular weight is 498 g/mol. The minimum absolute atomic E-state index is 0. The molecule has 2 rings (SSSR count). The van der Waals surface area contributed by atoms with Gasteiger partial charge in [0.15, 0.2) is 5.96 Å². The van der Waals surface area contributed by atoms with Crippen LogP contribution >= 0.6 is 35.7 Å². The van der Waals surface area contributed by atoms with Gasteiger partial charge in [-0.05, 0) is 25.8 Å². The number of rotatable bonds is 7. The number of hydrogen-bond acceptors (Lipinski definition) is 4. The summed E-state index contributed by atoms with van der Waals surface area (Å²) in [5.41, 5.74) is 0. The first kappa shape index (κ1) is 24.3. The summed E-state index contributed by atoms with van der Waals surface area (Å²) in [6, 6.07) is 0. The van der Waals surface area contributed by atoms with Crippen molar-refractivity contribution in [3.8, 4) is 0 Å². The maximum atomic E-state index is 4.99. The highest BCUT2D eigenvalue weighted by Crippen LogP contribution is 2.21. The van der Waals surface area contributed by atoms with E-state index in [1.54, 1.807) is 0 Å². The first-order valence-electron chi connectivity index (χ1n) is 10.3. The fourth-order valence-electron chi connectivity index (χ4n) is 3.61. The second-order valence-electron chi connectivity index (χ2n) is 7.38. The van der Waals surface area contributed by atoms with Crippen molar-refractivity contribution in [1.82, 2.24) is 20.0 Å². The molecule has 0 aromatic heterocycles. The van der Waals surface area contributed by atoms with Crippen LogP contribution < -0.4 is 5.32 Å². The monoisotopic (exact) mass is 497 g/mol. The van der Waals surface area contributed by atoms with Crippen molar-refractivity contribution in [2.45, 2.75) is 39.4 Å². The molecule has 0 aliphatic carbocycles. The van der Waals surface area contributed by atoms with E-state index in [0.717, 1.165) is 37.4 Å². The van der Waals surface area contributed by atoms with Crippen molar-refractivity contribution in [2.24, 2.45) is 10.9 Å². The molecule has 5 nitrogen and oxygen atoms in total. The van der Waals surface area contributed by atoms with Gasteiger partial charge in [0.1, 0.15) is 0 Å². The summed E-state index contributed by atoms with van der Waals surface area (Å²) in [4.78, 5) is 12.6. The van der Waals surface area contributed by atoms with Gasteiger partial charge in [0.2, 0.25) is 0 Å². The fourth-order valence-corrected chi connectivity index (χ4v) is 4.79. The molecule has 0 aromatic rings. The van der Waals surface area contributed by atoms with Crippen LogP contribution in [0.5, 0.6) is 0 Å². The van der Waals surface area contributed by atoms with Gasteiger partial charge in [0.05, 0.1) is 0 Å². The molecular weight excluding hydrogens is 457 g/mol. The first-order chi connectivity index (χ1) is 12.2. The van der Waals surface area contributed by atoms with Gasteiger partial charge in [-0.1, -0.05) is 20.8 Å². The standard InChI is InChI=1S/C19H39N5S.HI/c1-5-18-16-24(12-13-25-18)19(20-6-2)21-14-17(4)15-23-10-8-22(7-3)9-11-23;/h17-18H,5-16H2,1-4H3,(H,20,21);1H. The molecule has 0 radical (unpaired) electrons. The van der Waals surface area contributed by atoms with E-state index in [0.29, 0.717) is 5.92 Å². The van der Waals surface area contributed by atoms with Crippen LogP contribution in [0.2, 0.25) is 0 Å². The van der Waals surface area contributed by atoms with E-state index in [1.807, 2.05) is 0 Å². The number of likely N-dealkylation sites (N-methyl/N-ethyl adjacent to an activating group) is 1. The molecule has 2 fully saturated rings. The fraction of sp³-hybridized carbons (Fsp3) is 0.947. The van der Waals surface area contributed by atoms with Crippen LogP contribution in [0, 0.1) is 5.92 Å². The van der Waals surface area contributed by atoms with E-state index in [1.165, 1.54) is 51.4 Å².